The third kappa shape index (κ3) is 5.17. The Balaban J connectivity index is 1.93. The third-order valence-electron chi connectivity index (χ3n) is 4.48. The smallest absolute Gasteiger partial charge is 0.326 e. The van der Waals surface area contributed by atoms with Crippen molar-refractivity contribution in [1.29, 1.82) is 0 Å². The van der Waals surface area contributed by atoms with Crippen molar-refractivity contribution in [2.24, 2.45) is 5.92 Å². The van der Waals surface area contributed by atoms with Crippen molar-refractivity contribution in [1.82, 2.24) is 5.32 Å². The molecule has 0 aromatic carbocycles. The van der Waals surface area contributed by atoms with Crippen LogP contribution in [-0.2, 0) is 9.53 Å². The molecule has 0 saturated heterocycles. The Morgan fingerprint density at radius 3 is 2.76 bits per heavy atom. The lowest BCUT2D eigenvalue weighted by molar-refractivity contribution is -0.152. The number of esters is 1. The lowest BCUT2D eigenvalue weighted by Crippen LogP contribution is -2.57. The van der Waals surface area contributed by atoms with Crippen LogP contribution >= 0.6 is 11.8 Å². The van der Waals surface area contributed by atoms with E-state index in [2.05, 4.69) is 30.9 Å². The number of hydrogen-bond acceptors (Lipinski definition) is 4. The Hall–Kier alpha value is -0.220. The van der Waals surface area contributed by atoms with Gasteiger partial charge in [0.2, 0.25) is 0 Å². The Bertz CT molecular complexity index is 344. The molecule has 0 aromatic rings. The summed E-state index contributed by atoms with van der Waals surface area (Å²) in [5.41, 5.74) is -0.398. The summed E-state index contributed by atoms with van der Waals surface area (Å²) >= 11 is 2.06. The van der Waals surface area contributed by atoms with Crippen LogP contribution in [0.2, 0.25) is 0 Å². The predicted molar refractivity (Wildman–Crippen MR) is 89.7 cm³/mol. The maximum absolute atomic E-state index is 12.5. The number of nitrogens with one attached hydrogen (secondary N) is 1. The van der Waals surface area contributed by atoms with Crippen LogP contribution in [0.25, 0.3) is 0 Å². The second-order valence-corrected chi connectivity index (χ2v) is 8.40. The van der Waals surface area contributed by atoms with Crippen molar-refractivity contribution in [2.75, 3.05) is 12.4 Å². The number of carbonyl (C=O) groups excluding carboxylic acids is 1. The number of ether oxygens (including phenoxy) is 1. The predicted octanol–water partition coefficient (Wildman–Crippen LogP) is 3.76. The van der Waals surface area contributed by atoms with Crippen molar-refractivity contribution in [3.8, 4) is 0 Å². The van der Waals surface area contributed by atoms with Gasteiger partial charge < -0.3 is 4.74 Å². The quantitative estimate of drug-likeness (QED) is 0.692. The summed E-state index contributed by atoms with van der Waals surface area (Å²) in [6.45, 7) is 6.94. The first-order valence-corrected chi connectivity index (χ1v) is 9.67. The summed E-state index contributed by atoms with van der Waals surface area (Å²) in [7, 11) is 0. The Morgan fingerprint density at radius 2 is 2.14 bits per heavy atom. The highest BCUT2D eigenvalue weighted by molar-refractivity contribution is 7.99. The fourth-order valence-electron chi connectivity index (χ4n) is 3.10. The molecule has 0 spiro atoms. The molecule has 1 N–H and O–H groups in total. The molecule has 0 aromatic heterocycles. The molecule has 0 heterocycles. The minimum Gasteiger partial charge on any atom is -0.465 e. The molecular weight excluding hydrogens is 282 g/mol. The molecule has 0 amide bonds. The van der Waals surface area contributed by atoms with E-state index in [1.54, 1.807) is 0 Å². The molecule has 122 valence electrons. The van der Waals surface area contributed by atoms with Crippen LogP contribution in [-0.4, -0.2) is 35.2 Å². The van der Waals surface area contributed by atoms with Gasteiger partial charge in [-0.2, -0.15) is 11.8 Å². The number of rotatable bonds is 8. The van der Waals surface area contributed by atoms with E-state index in [9.17, 15) is 4.79 Å². The lowest BCUT2D eigenvalue weighted by atomic mass is 9.81. The van der Waals surface area contributed by atoms with E-state index in [0.29, 0.717) is 17.9 Å². The van der Waals surface area contributed by atoms with Gasteiger partial charge >= 0.3 is 5.97 Å². The molecule has 21 heavy (non-hydrogen) atoms. The molecule has 2 unspecified atom stereocenters. The van der Waals surface area contributed by atoms with Crippen LogP contribution in [0.1, 0.15) is 65.7 Å². The maximum atomic E-state index is 12.5. The molecular formula is C17H31NO2S. The van der Waals surface area contributed by atoms with Crippen LogP contribution in [0.4, 0.5) is 0 Å². The average Bonchev–Trinajstić information content (AvgIpc) is 3.23. The molecule has 2 aliphatic rings. The highest BCUT2D eigenvalue weighted by Gasteiger charge is 2.46. The molecule has 0 bridgehead atoms. The van der Waals surface area contributed by atoms with E-state index >= 15 is 0 Å². The Kier molecular flexibility index (Phi) is 6.42. The van der Waals surface area contributed by atoms with E-state index < -0.39 is 5.54 Å². The fourth-order valence-corrected chi connectivity index (χ4v) is 4.78. The molecule has 2 fully saturated rings. The van der Waals surface area contributed by atoms with E-state index in [0.717, 1.165) is 25.2 Å². The van der Waals surface area contributed by atoms with Gasteiger partial charge in [-0.15, -0.1) is 0 Å². The minimum atomic E-state index is -0.398. The van der Waals surface area contributed by atoms with Crippen molar-refractivity contribution in [2.45, 2.75) is 82.5 Å². The zero-order valence-electron chi connectivity index (χ0n) is 13.8. The van der Waals surface area contributed by atoms with Crippen LogP contribution in [0.15, 0.2) is 0 Å². The highest BCUT2D eigenvalue weighted by Crippen LogP contribution is 2.38. The molecule has 3 nitrogen and oxygen atoms in total. The van der Waals surface area contributed by atoms with Gasteiger partial charge in [-0.25, -0.2) is 0 Å². The Morgan fingerprint density at radius 1 is 1.38 bits per heavy atom. The van der Waals surface area contributed by atoms with Crippen LogP contribution in [0.3, 0.4) is 0 Å². The first-order valence-electron chi connectivity index (χ1n) is 8.62. The first-order chi connectivity index (χ1) is 10.1. The zero-order valence-corrected chi connectivity index (χ0v) is 14.6. The minimum absolute atomic E-state index is 0.00828. The molecule has 0 radical (unpaired) electrons. The summed E-state index contributed by atoms with van der Waals surface area (Å²) in [4.78, 5) is 12.5. The zero-order chi connectivity index (χ0) is 15.3. The van der Waals surface area contributed by atoms with E-state index in [1.165, 1.54) is 31.4 Å². The van der Waals surface area contributed by atoms with E-state index in [1.807, 2.05) is 6.92 Å². The second kappa shape index (κ2) is 7.87. The summed E-state index contributed by atoms with van der Waals surface area (Å²) in [6.07, 6.45) is 7.98. The Labute approximate surface area is 134 Å². The fraction of sp³-hybridized carbons (Fsp3) is 0.941. The molecule has 2 aliphatic carbocycles. The van der Waals surface area contributed by atoms with Gasteiger partial charge in [0.05, 0.1) is 6.61 Å². The third-order valence-corrected chi connectivity index (χ3v) is 5.82. The van der Waals surface area contributed by atoms with E-state index in [4.69, 9.17) is 4.74 Å². The van der Waals surface area contributed by atoms with Crippen LogP contribution < -0.4 is 5.32 Å². The molecule has 4 heteroatoms. The molecule has 2 rings (SSSR count). The van der Waals surface area contributed by atoms with Gasteiger partial charge in [0, 0.05) is 11.3 Å². The normalized spacial score (nSPS) is 29.6. The highest BCUT2D eigenvalue weighted by atomic mass is 32.2. The topological polar surface area (TPSA) is 38.3 Å². The summed E-state index contributed by atoms with van der Waals surface area (Å²) in [6, 6.07) is 0.550. The first kappa shape index (κ1) is 17.1. The molecule has 2 saturated carbocycles. The van der Waals surface area contributed by atoms with Gasteiger partial charge in [-0.05, 0) is 63.5 Å². The maximum Gasteiger partial charge on any atom is 0.326 e. The SMILES string of the molecule is CCOC(=O)C1(NC2CC2)CCCC(SCCC(C)C)C1. The van der Waals surface area contributed by atoms with Crippen molar-refractivity contribution in [3.63, 3.8) is 0 Å². The standard InChI is InChI=1S/C17H31NO2S/c1-4-20-16(19)17(18-14-7-8-14)10-5-6-15(12-17)21-11-9-13(2)3/h13-15,18H,4-12H2,1-3H3. The summed E-state index contributed by atoms with van der Waals surface area (Å²) in [5, 5.41) is 4.24. The summed E-state index contributed by atoms with van der Waals surface area (Å²) in [5.74, 6) is 1.97. The van der Waals surface area contributed by atoms with Gasteiger partial charge in [-0.1, -0.05) is 13.8 Å². The monoisotopic (exact) mass is 313 g/mol. The van der Waals surface area contributed by atoms with E-state index in [-0.39, 0.29) is 5.97 Å². The van der Waals surface area contributed by atoms with Gasteiger partial charge in [0.25, 0.3) is 0 Å². The average molecular weight is 314 g/mol. The van der Waals surface area contributed by atoms with Gasteiger partial charge in [0.15, 0.2) is 0 Å². The molecule has 2 atom stereocenters. The molecule has 0 aliphatic heterocycles. The van der Waals surface area contributed by atoms with Crippen molar-refractivity contribution in [3.05, 3.63) is 0 Å². The summed E-state index contributed by atoms with van der Waals surface area (Å²) < 4.78 is 5.39. The largest absolute Gasteiger partial charge is 0.465 e. The lowest BCUT2D eigenvalue weighted by Gasteiger charge is -2.39. The van der Waals surface area contributed by atoms with Crippen molar-refractivity contribution >= 4 is 17.7 Å². The van der Waals surface area contributed by atoms with Gasteiger partial charge in [-0.3, -0.25) is 10.1 Å². The number of hydrogen-bond donors (Lipinski definition) is 1. The number of carbonyl (C=O) groups is 1. The van der Waals surface area contributed by atoms with Gasteiger partial charge in [0.1, 0.15) is 5.54 Å². The number of thioether (sulfide) groups is 1. The van der Waals surface area contributed by atoms with Crippen LogP contribution in [0, 0.1) is 5.92 Å². The van der Waals surface area contributed by atoms with Crippen LogP contribution in [0.5, 0.6) is 0 Å². The second-order valence-electron chi connectivity index (χ2n) is 6.99. The van der Waals surface area contributed by atoms with Crippen molar-refractivity contribution < 1.29 is 9.53 Å².